The first-order valence-electron chi connectivity index (χ1n) is 11.6. The Labute approximate surface area is 206 Å². The summed E-state index contributed by atoms with van der Waals surface area (Å²) >= 11 is 7.97. The number of amides is 1. The van der Waals surface area contributed by atoms with Crippen LogP contribution in [0.5, 0.6) is 0 Å². The van der Waals surface area contributed by atoms with Crippen LogP contribution in [0.2, 0.25) is 5.02 Å². The molecule has 7 heteroatoms. The van der Waals surface area contributed by atoms with Crippen molar-refractivity contribution in [1.82, 2.24) is 20.1 Å². The Morgan fingerprint density at radius 3 is 2.64 bits per heavy atom. The van der Waals surface area contributed by atoms with E-state index in [-0.39, 0.29) is 11.8 Å². The lowest BCUT2D eigenvalue weighted by molar-refractivity contribution is -0.125. The maximum absolute atomic E-state index is 12.8. The third kappa shape index (κ3) is 6.61. The van der Waals surface area contributed by atoms with Crippen LogP contribution in [-0.2, 0) is 17.1 Å². The standard InChI is InChI=1S/C26H33ClN4OS/c1-5-7-11-20(6-2)25(32)28-16-24-29-30-26(33-17-21-12-9-8-10-18(21)3)31(24)23-15-22(27)14-13-19(23)4/h8-10,12-15,20H,5-7,11,16-17H2,1-4H3,(H,28,32). The van der Waals surface area contributed by atoms with E-state index in [0.29, 0.717) is 17.4 Å². The van der Waals surface area contributed by atoms with E-state index in [0.717, 1.165) is 47.8 Å². The highest BCUT2D eigenvalue weighted by atomic mass is 35.5. The van der Waals surface area contributed by atoms with E-state index in [4.69, 9.17) is 11.6 Å². The van der Waals surface area contributed by atoms with Crippen molar-refractivity contribution in [1.29, 1.82) is 0 Å². The normalized spacial score (nSPS) is 12.0. The van der Waals surface area contributed by atoms with Gasteiger partial charge in [0, 0.05) is 16.7 Å². The molecule has 5 nitrogen and oxygen atoms in total. The second kappa shape index (κ2) is 12.2. The first-order chi connectivity index (χ1) is 15.9. The van der Waals surface area contributed by atoms with E-state index in [9.17, 15) is 4.79 Å². The number of rotatable bonds is 11. The zero-order chi connectivity index (χ0) is 23.8. The summed E-state index contributed by atoms with van der Waals surface area (Å²) in [6.45, 7) is 8.70. The lowest BCUT2D eigenvalue weighted by Crippen LogP contribution is -2.31. The van der Waals surface area contributed by atoms with Gasteiger partial charge in [-0.2, -0.15) is 0 Å². The Kier molecular flexibility index (Phi) is 9.39. The van der Waals surface area contributed by atoms with Crippen molar-refractivity contribution in [2.75, 3.05) is 0 Å². The highest BCUT2D eigenvalue weighted by Crippen LogP contribution is 2.29. The number of hydrogen-bond acceptors (Lipinski definition) is 4. The molecule has 0 saturated carbocycles. The van der Waals surface area contributed by atoms with Gasteiger partial charge in [0.05, 0.1) is 12.2 Å². The first kappa shape index (κ1) is 25.3. The third-order valence-corrected chi connectivity index (χ3v) is 7.13. The Balaban J connectivity index is 1.86. The minimum absolute atomic E-state index is 0.0316. The Morgan fingerprint density at radius 1 is 1.12 bits per heavy atom. The van der Waals surface area contributed by atoms with Gasteiger partial charge < -0.3 is 5.32 Å². The summed E-state index contributed by atoms with van der Waals surface area (Å²) in [5, 5.41) is 13.5. The van der Waals surface area contributed by atoms with Gasteiger partial charge in [-0.15, -0.1) is 10.2 Å². The molecule has 0 radical (unpaired) electrons. The number of unbranched alkanes of at least 4 members (excludes halogenated alkanes) is 1. The molecule has 3 aromatic rings. The van der Waals surface area contributed by atoms with Crippen molar-refractivity contribution >= 4 is 29.3 Å². The summed E-state index contributed by atoms with van der Waals surface area (Å²) in [6, 6.07) is 14.2. The number of aryl methyl sites for hydroxylation is 2. The maximum atomic E-state index is 12.8. The van der Waals surface area contributed by atoms with Crippen molar-refractivity contribution in [3.8, 4) is 5.69 Å². The molecule has 1 atom stereocenters. The molecule has 0 aliphatic heterocycles. The summed E-state index contributed by atoms with van der Waals surface area (Å²) in [7, 11) is 0. The molecular formula is C26H33ClN4OS. The zero-order valence-electron chi connectivity index (χ0n) is 19.9. The Morgan fingerprint density at radius 2 is 1.91 bits per heavy atom. The molecule has 0 bridgehead atoms. The predicted molar refractivity (Wildman–Crippen MR) is 137 cm³/mol. The molecule has 2 aromatic carbocycles. The third-order valence-electron chi connectivity index (χ3n) is 5.92. The maximum Gasteiger partial charge on any atom is 0.223 e. The summed E-state index contributed by atoms with van der Waals surface area (Å²) in [5.74, 6) is 1.60. The van der Waals surface area contributed by atoms with Crippen LogP contribution in [0.25, 0.3) is 5.69 Å². The number of hydrogen-bond donors (Lipinski definition) is 1. The topological polar surface area (TPSA) is 59.8 Å². The van der Waals surface area contributed by atoms with Crippen LogP contribution in [0.1, 0.15) is 62.0 Å². The van der Waals surface area contributed by atoms with E-state index in [2.05, 4.69) is 54.5 Å². The molecule has 0 fully saturated rings. The van der Waals surface area contributed by atoms with Crippen molar-refractivity contribution in [2.45, 2.75) is 70.8 Å². The number of nitrogens with one attached hydrogen (secondary N) is 1. The van der Waals surface area contributed by atoms with Crippen LogP contribution in [0.3, 0.4) is 0 Å². The fourth-order valence-corrected chi connectivity index (χ4v) is 4.98. The van der Waals surface area contributed by atoms with Gasteiger partial charge in [0.15, 0.2) is 11.0 Å². The van der Waals surface area contributed by atoms with E-state index >= 15 is 0 Å². The summed E-state index contributed by atoms with van der Waals surface area (Å²) in [5.41, 5.74) is 4.51. The molecule has 0 aliphatic rings. The minimum atomic E-state index is 0.0316. The van der Waals surface area contributed by atoms with E-state index in [1.54, 1.807) is 11.8 Å². The van der Waals surface area contributed by atoms with Crippen LogP contribution in [-0.4, -0.2) is 20.7 Å². The van der Waals surface area contributed by atoms with Crippen molar-refractivity contribution in [3.05, 3.63) is 70.0 Å². The molecule has 1 amide bonds. The number of aromatic nitrogens is 3. The second-order valence-electron chi connectivity index (χ2n) is 8.35. The van der Waals surface area contributed by atoms with Crippen LogP contribution in [0, 0.1) is 19.8 Å². The van der Waals surface area contributed by atoms with Gasteiger partial charge in [0.1, 0.15) is 0 Å². The minimum Gasteiger partial charge on any atom is -0.349 e. The Bertz CT molecular complexity index is 1080. The van der Waals surface area contributed by atoms with Crippen LogP contribution >= 0.6 is 23.4 Å². The van der Waals surface area contributed by atoms with Gasteiger partial charge >= 0.3 is 0 Å². The largest absolute Gasteiger partial charge is 0.349 e. The molecule has 0 aliphatic carbocycles. The van der Waals surface area contributed by atoms with Crippen molar-refractivity contribution in [2.24, 2.45) is 5.92 Å². The smallest absolute Gasteiger partial charge is 0.223 e. The highest BCUT2D eigenvalue weighted by molar-refractivity contribution is 7.98. The van der Waals surface area contributed by atoms with Gasteiger partial charge in [-0.3, -0.25) is 9.36 Å². The molecule has 1 heterocycles. The quantitative estimate of drug-likeness (QED) is 0.309. The van der Waals surface area contributed by atoms with Gasteiger partial charge in [0.25, 0.3) is 0 Å². The molecular weight excluding hydrogens is 452 g/mol. The van der Waals surface area contributed by atoms with Gasteiger partial charge in [-0.1, -0.05) is 80.4 Å². The average molecular weight is 485 g/mol. The van der Waals surface area contributed by atoms with Crippen LogP contribution in [0.4, 0.5) is 0 Å². The highest BCUT2D eigenvalue weighted by Gasteiger charge is 2.20. The number of nitrogens with zero attached hydrogens (tertiary/aromatic N) is 3. The monoisotopic (exact) mass is 484 g/mol. The van der Waals surface area contributed by atoms with Gasteiger partial charge in [-0.05, 0) is 55.5 Å². The molecule has 3 rings (SSSR count). The number of benzene rings is 2. The van der Waals surface area contributed by atoms with E-state index < -0.39 is 0 Å². The lowest BCUT2D eigenvalue weighted by Gasteiger charge is -2.16. The number of carbonyl (C=O) groups excluding carboxylic acids is 1. The fraction of sp³-hybridized carbons (Fsp3) is 0.423. The second-order valence-corrected chi connectivity index (χ2v) is 9.72. The van der Waals surface area contributed by atoms with Gasteiger partial charge in [0.2, 0.25) is 5.91 Å². The van der Waals surface area contributed by atoms with Crippen LogP contribution < -0.4 is 5.32 Å². The zero-order valence-corrected chi connectivity index (χ0v) is 21.5. The molecule has 176 valence electrons. The Hall–Kier alpha value is -2.31. The van der Waals surface area contributed by atoms with E-state index in [1.807, 2.05) is 35.8 Å². The number of halogens is 1. The molecule has 33 heavy (non-hydrogen) atoms. The fourth-order valence-electron chi connectivity index (χ4n) is 3.77. The molecule has 1 N–H and O–H groups in total. The van der Waals surface area contributed by atoms with Crippen molar-refractivity contribution < 1.29 is 4.79 Å². The first-order valence-corrected chi connectivity index (χ1v) is 13.0. The van der Waals surface area contributed by atoms with E-state index in [1.165, 1.54) is 11.1 Å². The summed E-state index contributed by atoms with van der Waals surface area (Å²) in [6.07, 6.45) is 3.90. The molecule has 1 unspecified atom stereocenters. The van der Waals surface area contributed by atoms with Crippen molar-refractivity contribution in [3.63, 3.8) is 0 Å². The molecule has 0 saturated heterocycles. The summed E-state index contributed by atoms with van der Waals surface area (Å²) < 4.78 is 2.03. The average Bonchev–Trinajstić information content (AvgIpc) is 3.21. The molecule has 0 spiro atoms. The SMILES string of the molecule is CCCCC(CC)C(=O)NCc1nnc(SCc2ccccc2C)n1-c1cc(Cl)ccc1C. The summed E-state index contributed by atoms with van der Waals surface area (Å²) in [4.78, 5) is 12.8. The number of thioether (sulfide) groups is 1. The number of carbonyl (C=O) groups is 1. The molecule has 1 aromatic heterocycles. The lowest BCUT2D eigenvalue weighted by atomic mass is 9.98. The van der Waals surface area contributed by atoms with Crippen LogP contribution in [0.15, 0.2) is 47.6 Å². The predicted octanol–water partition coefficient (Wildman–Crippen LogP) is 6.66. The van der Waals surface area contributed by atoms with Gasteiger partial charge in [-0.25, -0.2) is 0 Å².